The summed E-state index contributed by atoms with van der Waals surface area (Å²) in [5.74, 6) is -0.190. The molecule has 0 aliphatic rings. The van der Waals surface area contributed by atoms with E-state index in [1.54, 1.807) is 30.3 Å². The van der Waals surface area contributed by atoms with Gasteiger partial charge in [0.1, 0.15) is 0 Å². The van der Waals surface area contributed by atoms with Crippen molar-refractivity contribution in [3.8, 4) is 0 Å². The largest absolute Gasteiger partial charge is 0.353 e. The standard InChI is InChI=1S/C21H19Cl2N3O3S/c22-17-5-3-6-18(23)21(17)26-19-7-2-1-4-15(19)12-20(27)25-13-14-8-10-16(11-9-14)30(24,28)29/h1-11,26H,12-13H2,(H,25,27)(H2,24,28,29). The van der Waals surface area contributed by atoms with Crippen LogP contribution in [0.25, 0.3) is 0 Å². The second-order valence-electron chi connectivity index (χ2n) is 6.52. The summed E-state index contributed by atoms with van der Waals surface area (Å²) < 4.78 is 22.6. The lowest BCUT2D eigenvalue weighted by Crippen LogP contribution is -2.25. The van der Waals surface area contributed by atoms with Gasteiger partial charge in [0.05, 0.1) is 27.0 Å². The number of benzene rings is 3. The highest BCUT2D eigenvalue weighted by Crippen LogP contribution is 2.33. The molecule has 6 nitrogen and oxygen atoms in total. The number of nitrogens with one attached hydrogen (secondary N) is 2. The first kappa shape index (κ1) is 22.1. The Bertz CT molecular complexity index is 1150. The Morgan fingerprint density at radius 2 is 1.53 bits per heavy atom. The van der Waals surface area contributed by atoms with Crippen LogP contribution in [0, 0.1) is 0 Å². The molecule has 156 valence electrons. The van der Waals surface area contributed by atoms with Crippen molar-refractivity contribution >= 4 is 50.5 Å². The van der Waals surface area contributed by atoms with Gasteiger partial charge < -0.3 is 10.6 Å². The van der Waals surface area contributed by atoms with Crippen LogP contribution in [0.15, 0.2) is 71.6 Å². The molecule has 30 heavy (non-hydrogen) atoms. The number of anilines is 2. The molecule has 0 spiro atoms. The van der Waals surface area contributed by atoms with Gasteiger partial charge in [0.2, 0.25) is 15.9 Å². The minimum absolute atomic E-state index is 0.0239. The number of carbonyl (C=O) groups excluding carboxylic acids is 1. The van der Waals surface area contributed by atoms with E-state index in [0.717, 1.165) is 16.8 Å². The summed E-state index contributed by atoms with van der Waals surface area (Å²) in [6.07, 6.45) is 0.139. The van der Waals surface area contributed by atoms with Crippen LogP contribution < -0.4 is 15.8 Å². The molecule has 0 saturated heterocycles. The third-order valence-electron chi connectivity index (χ3n) is 4.33. The van der Waals surface area contributed by atoms with Crippen LogP contribution in [0.2, 0.25) is 10.0 Å². The van der Waals surface area contributed by atoms with E-state index in [1.165, 1.54) is 12.1 Å². The molecular weight excluding hydrogens is 445 g/mol. The Morgan fingerprint density at radius 1 is 0.900 bits per heavy atom. The number of amides is 1. The third-order valence-corrected chi connectivity index (χ3v) is 5.89. The Hall–Kier alpha value is -2.58. The van der Waals surface area contributed by atoms with Crippen LogP contribution in [0.5, 0.6) is 0 Å². The highest BCUT2D eigenvalue weighted by molar-refractivity contribution is 7.89. The normalized spacial score (nSPS) is 11.2. The van der Waals surface area contributed by atoms with E-state index in [9.17, 15) is 13.2 Å². The van der Waals surface area contributed by atoms with Gasteiger partial charge in [0.15, 0.2) is 0 Å². The predicted octanol–water partition coefficient (Wildman–Crippen LogP) is 4.24. The number of sulfonamides is 1. The predicted molar refractivity (Wildman–Crippen MR) is 120 cm³/mol. The summed E-state index contributed by atoms with van der Waals surface area (Å²) in [6, 6.07) is 18.6. The molecule has 0 atom stereocenters. The Balaban J connectivity index is 1.66. The van der Waals surface area contributed by atoms with Crippen LogP contribution in [-0.2, 0) is 27.8 Å². The van der Waals surface area contributed by atoms with E-state index in [1.807, 2.05) is 24.3 Å². The third kappa shape index (κ3) is 5.73. The number of rotatable bonds is 7. The topological polar surface area (TPSA) is 101 Å². The van der Waals surface area contributed by atoms with Gasteiger partial charge in [-0.2, -0.15) is 0 Å². The van der Waals surface area contributed by atoms with Crippen molar-refractivity contribution in [2.24, 2.45) is 5.14 Å². The molecule has 1 amide bonds. The summed E-state index contributed by atoms with van der Waals surface area (Å²) in [5, 5.41) is 12.1. The maximum Gasteiger partial charge on any atom is 0.238 e. The quantitative estimate of drug-likeness (QED) is 0.487. The van der Waals surface area contributed by atoms with Gasteiger partial charge in [0, 0.05) is 12.2 Å². The molecule has 0 aromatic heterocycles. The van der Waals surface area contributed by atoms with Crippen LogP contribution in [0.3, 0.4) is 0 Å². The second kappa shape index (κ2) is 9.49. The van der Waals surface area contributed by atoms with Gasteiger partial charge in [-0.05, 0) is 41.5 Å². The maximum absolute atomic E-state index is 12.4. The zero-order chi connectivity index (χ0) is 21.7. The molecule has 9 heteroatoms. The summed E-state index contributed by atoms with van der Waals surface area (Å²) >= 11 is 12.4. The molecule has 0 radical (unpaired) electrons. The fourth-order valence-electron chi connectivity index (χ4n) is 2.78. The van der Waals surface area contributed by atoms with E-state index in [-0.39, 0.29) is 23.8 Å². The molecule has 0 heterocycles. The molecule has 0 bridgehead atoms. The van der Waals surface area contributed by atoms with Crippen LogP contribution in [0.4, 0.5) is 11.4 Å². The van der Waals surface area contributed by atoms with E-state index in [4.69, 9.17) is 28.3 Å². The first-order valence-corrected chi connectivity index (χ1v) is 11.2. The van der Waals surface area contributed by atoms with E-state index >= 15 is 0 Å². The van der Waals surface area contributed by atoms with Crippen molar-refractivity contribution in [1.82, 2.24) is 5.32 Å². The molecule has 0 unspecified atom stereocenters. The van der Waals surface area contributed by atoms with Gasteiger partial charge in [-0.1, -0.05) is 59.6 Å². The Labute approximate surface area is 185 Å². The average molecular weight is 464 g/mol. The molecule has 3 aromatic rings. The number of carbonyl (C=O) groups is 1. The van der Waals surface area contributed by atoms with Crippen molar-refractivity contribution < 1.29 is 13.2 Å². The van der Waals surface area contributed by atoms with Gasteiger partial charge in [-0.15, -0.1) is 0 Å². The number of hydrogen-bond donors (Lipinski definition) is 3. The summed E-state index contributed by atoms with van der Waals surface area (Å²) in [7, 11) is -3.74. The number of hydrogen-bond acceptors (Lipinski definition) is 4. The van der Waals surface area contributed by atoms with Crippen molar-refractivity contribution in [1.29, 1.82) is 0 Å². The SMILES string of the molecule is NS(=O)(=O)c1ccc(CNC(=O)Cc2ccccc2Nc2c(Cl)cccc2Cl)cc1. The lowest BCUT2D eigenvalue weighted by molar-refractivity contribution is -0.120. The van der Waals surface area contributed by atoms with E-state index in [0.29, 0.717) is 15.7 Å². The van der Waals surface area contributed by atoms with Gasteiger partial charge >= 0.3 is 0 Å². The Kier molecular flexibility index (Phi) is 6.99. The highest BCUT2D eigenvalue weighted by Gasteiger charge is 2.12. The van der Waals surface area contributed by atoms with Crippen LogP contribution in [0.1, 0.15) is 11.1 Å². The molecule has 3 aromatic carbocycles. The zero-order valence-corrected chi connectivity index (χ0v) is 18.1. The first-order valence-electron chi connectivity index (χ1n) is 8.91. The molecule has 3 rings (SSSR count). The fourth-order valence-corrected chi connectivity index (χ4v) is 3.79. The number of para-hydroxylation sites is 2. The van der Waals surface area contributed by atoms with Crippen molar-refractivity contribution in [2.75, 3.05) is 5.32 Å². The minimum atomic E-state index is -3.74. The lowest BCUT2D eigenvalue weighted by Gasteiger charge is -2.14. The molecule has 4 N–H and O–H groups in total. The first-order chi connectivity index (χ1) is 14.2. The molecule has 0 fully saturated rings. The van der Waals surface area contributed by atoms with Crippen molar-refractivity contribution in [2.45, 2.75) is 17.9 Å². The smallest absolute Gasteiger partial charge is 0.238 e. The highest BCUT2D eigenvalue weighted by atomic mass is 35.5. The van der Waals surface area contributed by atoms with E-state index in [2.05, 4.69) is 10.6 Å². The van der Waals surface area contributed by atoms with Crippen LogP contribution in [-0.4, -0.2) is 14.3 Å². The fraction of sp³-hybridized carbons (Fsp3) is 0.0952. The van der Waals surface area contributed by atoms with Gasteiger partial charge in [-0.3, -0.25) is 4.79 Å². The number of nitrogens with two attached hydrogens (primary N) is 1. The van der Waals surface area contributed by atoms with Gasteiger partial charge in [0.25, 0.3) is 0 Å². The molecular formula is C21H19Cl2N3O3S. The number of halogens is 2. The minimum Gasteiger partial charge on any atom is -0.353 e. The lowest BCUT2D eigenvalue weighted by atomic mass is 10.1. The maximum atomic E-state index is 12.4. The second-order valence-corrected chi connectivity index (χ2v) is 8.90. The summed E-state index contributed by atoms with van der Waals surface area (Å²) in [4.78, 5) is 12.5. The summed E-state index contributed by atoms with van der Waals surface area (Å²) in [6.45, 7) is 0.260. The monoisotopic (exact) mass is 463 g/mol. The molecule has 0 aliphatic carbocycles. The van der Waals surface area contributed by atoms with Crippen molar-refractivity contribution in [3.63, 3.8) is 0 Å². The van der Waals surface area contributed by atoms with Crippen LogP contribution >= 0.6 is 23.2 Å². The molecule has 0 aliphatic heterocycles. The average Bonchev–Trinajstić information content (AvgIpc) is 2.70. The molecule has 0 saturated carbocycles. The van der Waals surface area contributed by atoms with E-state index < -0.39 is 10.0 Å². The zero-order valence-electron chi connectivity index (χ0n) is 15.7. The van der Waals surface area contributed by atoms with Crippen molar-refractivity contribution in [3.05, 3.63) is 87.9 Å². The number of primary sulfonamides is 1. The van der Waals surface area contributed by atoms with Gasteiger partial charge in [-0.25, -0.2) is 13.6 Å². The Morgan fingerprint density at radius 3 is 2.17 bits per heavy atom. The summed E-state index contributed by atoms with van der Waals surface area (Å²) in [5.41, 5.74) is 2.82.